The fourth-order valence-electron chi connectivity index (χ4n) is 5.57. The SMILES string of the molecule is CC(NC(=O)NC1CC2CCC1(C)C2(C)C)c1ccc2c(c1)CCC(=O)N2. The van der Waals surface area contributed by atoms with Crippen LogP contribution in [-0.2, 0) is 11.2 Å². The van der Waals surface area contributed by atoms with E-state index < -0.39 is 0 Å². The summed E-state index contributed by atoms with van der Waals surface area (Å²) in [7, 11) is 0. The molecule has 0 aromatic heterocycles. The lowest BCUT2D eigenvalue weighted by Crippen LogP contribution is -2.50. The molecule has 2 fully saturated rings. The third-order valence-electron chi connectivity index (χ3n) is 7.97. The van der Waals surface area contributed by atoms with Crippen LogP contribution in [0.2, 0.25) is 0 Å². The second kappa shape index (κ2) is 6.25. The van der Waals surface area contributed by atoms with Crippen molar-refractivity contribution in [1.82, 2.24) is 10.6 Å². The molecule has 4 rings (SSSR count). The molecule has 146 valence electrons. The third kappa shape index (κ3) is 2.91. The first-order chi connectivity index (χ1) is 12.7. The van der Waals surface area contributed by atoms with Crippen LogP contribution in [0.3, 0.4) is 0 Å². The molecule has 2 aliphatic carbocycles. The molecule has 1 aromatic carbocycles. The molecule has 1 aromatic rings. The maximum absolute atomic E-state index is 12.7. The predicted octanol–water partition coefficient (Wildman–Crippen LogP) is 4.15. The fourth-order valence-corrected chi connectivity index (χ4v) is 5.57. The molecule has 0 spiro atoms. The molecular weight excluding hydrogens is 338 g/mol. The van der Waals surface area contributed by atoms with Gasteiger partial charge in [0.25, 0.3) is 0 Å². The van der Waals surface area contributed by atoms with E-state index in [1.54, 1.807) is 0 Å². The molecule has 3 aliphatic rings. The van der Waals surface area contributed by atoms with E-state index in [1.165, 1.54) is 12.8 Å². The van der Waals surface area contributed by atoms with Crippen LogP contribution in [-0.4, -0.2) is 18.0 Å². The number of carbonyl (C=O) groups excluding carboxylic acids is 2. The maximum Gasteiger partial charge on any atom is 0.315 e. The number of anilines is 1. The molecule has 4 unspecified atom stereocenters. The Kier molecular flexibility index (Phi) is 4.24. The highest BCUT2D eigenvalue weighted by Gasteiger charge is 2.61. The first-order valence-electron chi connectivity index (χ1n) is 10.2. The minimum Gasteiger partial charge on any atom is -0.335 e. The summed E-state index contributed by atoms with van der Waals surface area (Å²) in [4.78, 5) is 24.2. The third-order valence-corrected chi connectivity index (χ3v) is 7.97. The van der Waals surface area contributed by atoms with Crippen molar-refractivity contribution in [2.24, 2.45) is 16.7 Å². The molecule has 0 saturated heterocycles. The second-order valence-electron chi connectivity index (χ2n) is 9.47. The van der Waals surface area contributed by atoms with Crippen molar-refractivity contribution in [2.45, 2.75) is 71.9 Å². The number of hydrogen-bond acceptors (Lipinski definition) is 2. The molecule has 2 bridgehead atoms. The molecule has 0 radical (unpaired) electrons. The van der Waals surface area contributed by atoms with Gasteiger partial charge in [0.05, 0.1) is 6.04 Å². The first-order valence-corrected chi connectivity index (χ1v) is 10.2. The van der Waals surface area contributed by atoms with Gasteiger partial charge in [-0.1, -0.05) is 32.9 Å². The van der Waals surface area contributed by atoms with Crippen molar-refractivity contribution in [3.05, 3.63) is 29.3 Å². The molecule has 3 N–H and O–H groups in total. The summed E-state index contributed by atoms with van der Waals surface area (Å²) < 4.78 is 0. The van der Waals surface area contributed by atoms with Gasteiger partial charge in [0.15, 0.2) is 0 Å². The smallest absolute Gasteiger partial charge is 0.315 e. The Bertz CT molecular complexity index is 788. The van der Waals surface area contributed by atoms with Gasteiger partial charge in [0.2, 0.25) is 5.91 Å². The molecule has 1 aliphatic heterocycles. The summed E-state index contributed by atoms with van der Waals surface area (Å²) in [6.07, 6.45) is 4.84. The van der Waals surface area contributed by atoms with Crippen molar-refractivity contribution in [3.8, 4) is 0 Å². The van der Waals surface area contributed by atoms with E-state index in [0.29, 0.717) is 17.8 Å². The number of rotatable bonds is 3. The Morgan fingerprint density at radius 3 is 2.70 bits per heavy atom. The summed E-state index contributed by atoms with van der Waals surface area (Å²) >= 11 is 0. The zero-order valence-corrected chi connectivity index (χ0v) is 16.8. The van der Waals surface area contributed by atoms with Crippen molar-refractivity contribution in [3.63, 3.8) is 0 Å². The molecular formula is C22H31N3O2. The highest BCUT2D eigenvalue weighted by molar-refractivity contribution is 5.93. The number of hydrogen-bond donors (Lipinski definition) is 3. The quantitative estimate of drug-likeness (QED) is 0.749. The van der Waals surface area contributed by atoms with Crippen LogP contribution < -0.4 is 16.0 Å². The van der Waals surface area contributed by atoms with Crippen molar-refractivity contribution in [1.29, 1.82) is 0 Å². The average molecular weight is 370 g/mol. The van der Waals surface area contributed by atoms with Crippen LogP contribution >= 0.6 is 0 Å². The monoisotopic (exact) mass is 369 g/mol. The number of aryl methyl sites for hydroxylation is 1. The highest BCUT2D eigenvalue weighted by atomic mass is 16.2. The Hall–Kier alpha value is -2.04. The second-order valence-corrected chi connectivity index (χ2v) is 9.47. The Morgan fingerprint density at radius 1 is 1.26 bits per heavy atom. The Morgan fingerprint density at radius 2 is 2.04 bits per heavy atom. The van der Waals surface area contributed by atoms with Gasteiger partial charge in [-0.15, -0.1) is 0 Å². The van der Waals surface area contributed by atoms with E-state index >= 15 is 0 Å². The normalized spacial score (nSPS) is 31.8. The largest absolute Gasteiger partial charge is 0.335 e. The molecule has 3 amide bonds. The Balaban J connectivity index is 1.40. The van der Waals surface area contributed by atoms with Gasteiger partial charge < -0.3 is 16.0 Å². The molecule has 2 saturated carbocycles. The minimum absolute atomic E-state index is 0.0723. The standard InChI is InChI=1S/C22H31N3O2/c1-13(14-5-7-17-15(11-14)6-8-19(26)24-17)23-20(27)25-18-12-16-9-10-22(18,4)21(16,2)3/h5,7,11,13,16,18H,6,8-10,12H2,1-4H3,(H,24,26)(H2,23,25,27). The van der Waals surface area contributed by atoms with Crippen molar-refractivity contribution in [2.75, 3.05) is 5.32 Å². The highest BCUT2D eigenvalue weighted by Crippen LogP contribution is 2.65. The zero-order valence-electron chi connectivity index (χ0n) is 16.8. The van der Waals surface area contributed by atoms with Crippen LogP contribution in [0.1, 0.15) is 70.5 Å². The number of nitrogens with one attached hydrogen (secondary N) is 3. The van der Waals surface area contributed by atoms with E-state index in [9.17, 15) is 9.59 Å². The number of benzene rings is 1. The van der Waals surface area contributed by atoms with Gasteiger partial charge in [0, 0.05) is 18.2 Å². The first kappa shape index (κ1) is 18.3. The summed E-state index contributed by atoms with van der Waals surface area (Å²) in [6, 6.07) is 6.11. The lowest BCUT2D eigenvalue weighted by molar-refractivity contribution is -0.116. The molecule has 5 heteroatoms. The summed E-state index contributed by atoms with van der Waals surface area (Å²) in [5, 5.41) is 9.28. The van der Waals surface area contributed by atoms with Gasteiger partial charge in [-0.05, 0) is 66.5 Å². The molecule has 1 heterocycles. The van der Waals surface area contributed by atoms with Crippen molar-refractivity contribution < 1.29 is 9.59 Å². The van der Waals surface area contributed by atoms with Gasteiger partial charge in [0.1, 0.15) is 0 Å². The maximum atomic E-state index is 12.7. The topological polar surface area (TPSA) is 70.2 Å². The van der Waals surface area contributed by atoms with E-state index in [0.717, 1.165) is 29.7 Å². The van der Waals surface area contributed by atoms with Crippen LogP contribution in [0.15, 0.2) is 18.2 Å². The minimum atomic E-state index is -0.0805. The van der Waals surface area contributed by atoms with Gasteiger partial charge in [-0.3, -0.25) is 4.79 Å². The van der Waals surface area contributed by atoms with Crippen LogP contribution in [0.25, 0.3) is 0 Å². The van der Waals surface area contributed by atoms with Crippen molar-refractivity contribution >= 4 is 17.6 Å². The Labute approximate surface area is 161 Å². The number of amides is 3. The summed E-state index contributed by atoms with van der Waals surface area (Å²) in [5.41, 5.74) is 3.58. The molecule has 5 nitrogen and oxygen atoms in total. The van der Waals surface area contributed by atoms with Crippen LogP contribution in [0.5, 0.6) is 0 Å². The van der Waals surface area contributed by atoms with Gasteiger partial charge in [-0.2, -0.15) is 0 Å². The van der Waals surface area contributed by atoms with Crippen LogP contribution in [0, 0.1) is 16.7 Å². The zero-order chi connectivity index (χ0) is 19.4. The molecule has 4 atom stereocenters. The fraction of sp³-hybridized carbons (Fsp3) is 0.636. The van der Waals surface area contributed by atoms with E-state index in [1.807, 2.05) is 19.1 Å². The predicted molar refractivity (Wildman–Crippen MR) is 106 cm³/mol. The van der Waals surface area contributed by atoms with E-state index in [-0.39, 0.29) is 29.4 Å². The molecule has 27 heavy (non-hydrogen) atoms. The average Bonchev–Trinajstić information content (AvgIpc) is 2.94. The summed E-state index contributed by atoms with van der Waals surface area (Å²) in [6.45, 7) is 9.07. The number of fused-ring (bicyclic) bond motifs is 3. The van der Waals surface area contributed by atoms with Crippen LogP contribution in [0.4, 0.5) is 10.5 Å². The number of carbonyl (C=O) groups is 2. The summed E-state index contributed by atoms with van der Waals surface area (Å²) in [5.74, 6) is 0.782. The van der Waals surface area contributed by atoms with E-state index in [4.69, 9.17) is 0 Å². The lowest BCUT2D eigenvalue weighted by atomic mass is 9.69. The van der Waals surface area contributed by atoms with E-state index in [2.05, 4.69) is 42.8 Å². The number of urea groups is 1. The lowest BCUT2D eigenvalue weighted by Gasteiger charge is -2.39. The van der Waals surface area contributed by atoms with Gasteiger partial charge in [-0.25, -0.2) is 4.79 Å². The van der Waals surface area contributed by atoms with Gasteiger partial charge >= 0.3 is 6.03 Å².